The van der Waals surface area contributed by atoms with Crippen LogP contribution in [0, 0.1) is 13.8 Å². The zero-order valence-corrected chi connectivity index (χ0v) is 42.1. The molecule has 4 N–H and O–H groups in total. The molecule has 16 nitrogen and oxygen atoms in total. The number of aryl methyl sites for hydroxylation is 2. The molecule has 18 heteroatoms. The molecule has 0 aromatic heterocycles. The molecule has 0 saturated heterocycles. The Labute approximate surface area is 438 Å². The van der Waals surface area contributed by atoms with E-state index in [1.165, 1.54) is 30.3 Å². The highest BCUT2D eigenvalue weighted by Crippen LogP contribution is 2.36. The number of hydrogen-bond acceptors (Lipinski definition) is 13. The predicted molar refractivity (Wildman–Crippen MR) is 282 cm³/mol. The Bertz CT molecular complexity index is 3330. The smallest absolute Gasteiger partial charge is 0.336 e. The van der Waals surface area contributed by atoms with Crippen LogP contribution in [-0.4, -0.2) is 42.4 Å². The fourth-order valence-electron chi connectivity index (χ4n) is 7.28. The lowest BCUT2D eigenvalue weighted by Gasteiger charge is -2.26. The molecule has 0 atom stereocenters. The summed E-state index contributed by atoms with van der Waals surface area (Å²) in [6.45, 7) is 8.13. The summed E-state index contributed by atoms with van der Waals surface area (Å²) in [4.78, 5) is 55.7. The minimum atomic E-state index is -1.31. The number of carbonyl (C=O) groups is 4. The molecule has 0 unspecified atom stereocenters. The van der Waals surface area contributed by atoms with Gasteiger partial charge in [0, 0.05) is 16.8 Å². The topological polar surface area (TPSA) is 222 Å². The Kier molecular flexibility index (Phi) is 17.8. The Morgan fingerprint density at radius 3 is 1.15 bits per heavy atom. The van der Waals surface area contributed by atoms with E-state index >= 15 is 0 Å². The Morgan fingerprint density at radius 2 is 0.747 bits per heavy atom. The summed E-state index contributed by atoms with van der Waals surface area (Å²) in [5.74, 6) is -0.0805. The number of nitrogens with one attached hydrogen (secondary N) is 2. The number of carboxylic acids is 2. The third-order valence-corrected chi connectivity index (χ3v) is 11.7. The van der Waals surface area contributed by atoms with Crippen LogP contribution in [0.25, 0.3) is 0 Å². The number of amides is 2. The molecule has 0 fully saturated rings. The molecule has 380 valence electrons. The van der Waals surface area contributed by atoms with Gasteiger partial charge in [-0.05, 0) is 158 Å². The van der Waals surface area contributed by atoms with E-state index in [0.29, 0.717) is 63.9 Å². The number of carboxylic acid groups (broad SMARTS) is 2. The molecule has 0 aliphatic carbocycles. The normalized spacial score (nSPS) is 10.7. The van der Waals surface area contributed by atoms with E-state index in [1.807, 2.05) is 86.6 Å². The van der Waals surface area contributed by atoms with E-state index in [0.717, 1.165) is 22.3 Å². The number of benzene rings is 8. The lowest BCUT2D eigenvalue weighted by atomic mass is 9.78. The van der Waals surface area contributed by atoms with Crippen LogP contribution < -0.4 is 33.9 Å². The van der Waals surface area contributed by atoms with E-state index in [-0.39, 0.29) is 33.4 Å². The molecular weight excluding hydrogens is 1000 g/mol. The Morgan fingerprint density at radius 1 is 0.427 bits per heavy atom. The van der Waals surface area contributed by atoms with Gasteiger partial charge in [0.25, 0.3) is 24.1 Å². The SMILES string of the molecule is Cc1ccc(OOSOc2ccc(C(=O)Nc3ccc(Oc4ccc(C(C)(C)c5ccc(Oc6ccc(NC(=O)c7ccc(Oc8ccc(C)cc8)cc7C(=O)O)cc6)cc5)cc4)cc3)c(C(=O)O)c2)cc1.O=S=O. The average Bonchev–Trinajstić information content (AvgIpc) is 3.40. The number of hydrogen-bond donors (Lipinski definition) is 4. The van der Waals surface area contributed by atoms with Crippen LogP contribution in [0.15, 0.2) is 182 Å². The van der Waals surface area contributed by atoms with E-state index in [2.05, 4.69) is 24.5 Å². The van der Waals surface area contributed by atoms with Crippen LogP contribution in [0.5, 0.6) is 46.0 Å². The number of carbonyl (C=O) groups excluding carboxylic acids is 2. The fourth-order valence-corrected chi connectivity index (χ4v) is 7.60. The third kappa shape index (κ3) is 14.7. The first kappa shape index (κ1) is 53.6. The largest absolute Gasteiger partial charge is 0.478 e. The summed E-state index contributed by atoms with van der Waals surface area (Å²) in [5, 5.41) is 25.2. The summed E-state index contributed by atoms with van der Waals surface area (Å²) in [6, 6.07) is 51.8. The van der Waals surface area contributed by atoms with Crippen molar-refractivity contribution in [1.29, 1.82) is 0 Å². The highest BCUT2D eigenvalue weighted by Gasteiger charge is 2.24. The summed E-state index contributed by atoms with van der Waals surface area (Å²) >= 11 is -0.252. The molecule has 0 saturated carbocycles. The van der Waals surface area contributed by atoms with Gasteiger partial charge < -0.3 is 44.1 Å². The minimum Gasteiger partial charge on any atom is -0.478 e. The maximum atomic E-state index is 13.2. The van der Waals surface area contributed by atoms with Crippen molar-refractivity contribution in [2.45, 2.75) is 33.1 Å². The van der Waals surface area contributed by atoms with E-state index in [1.54, 1.807) is 78.9 Å². The first-order valence-electron chi connectivity index (χ1n) is 22.6. The first-order chi connectivity index (χ1) is 36.1. The molecule has 8 aromatic rings. The van der Waals surface area contributed by atoms with Gasteiger partial charge in [-0.2, -0.15) is 8.42 Å². The average molecular weight is 1050 g/mol. The highest BCUT2D eigenvalue weighted by atomic mass is 32.2. The van der Waals surface area contributed by atoms with Crippen LogP contribution in [0.3, 0.4) is 0 Å². The van der Waals surface area contributed by atoms with Gasteiger partial charge in [0.15, 0.2) is 5.75 Å². The number of ether oxygens (including phenoxy) is 3. The van der Waals surface area contributed by atoms with Gasteiger partial charge in [-0.3, -0.25) is 9.59 Å². The lowest BCUT2D eigenvalue weighted by Crippen LogP contribution is -2.18. The first-order valence-corrected chi connectivity index (χ1v) is 24.0. The van der Waals surface area contributed by atoms with Crippen LogP contribution >= 0.6 is 12.3 Å². The zero-order valence-electron chi connectivity index (χ0n) is 40.4. The van der Waals surface area contributed by atoms with E-state index in [9.17, 15) is 29.4 Å². The van der Waals surface area contributed by atoms with Crippen molar-refractivity contribution in [3.05, 3.63) is 226 Å². The van der Waals surface area contributed by atoms with Crippen LogP contribution in [0.1, 0.15) is 77.5 Å². The van der Waals surface area contributed by atoms with Crippen molar-refractivity contribution in [3.63, 3.8) is 0 Å². The van der Waals surface area contributed by atoms with Gasteiger partial charge in [-0.1, -0.05) is 77.8 Å². The predicted octanol–water partition coefficient (Wildman–Crippen LogP) is 13.2. The van der Waals surface area contributed by atoms with Crippen LogP contribution in [0.2, 0.25) is 0 Å². The van der Waals surface area contributed by atoms with Gasteiger partial charge in [-0.15, -0.1) is 0 Å². The zero-order chi connectivity index (χ0) is 53.5. The minimum absolute atomic E-state index is 0.0134. The summed E-state index contributed by atoms with van der Waals surface area (Å²) in [5.41, 5.74) is 4.16. The van der Waals surface area contributed by atoms with Gasteiger partial charge in [0.2, 0.25) is 0 Å². The lowest BCUT2D eigenvalue weighted by molar-refractivity contribution is -0.0833. The molecular formula is C57H46N2O14S2. The number of anilines is 2. The van der Waals surface area contributed by atoms with Crippen molar-refractivity contribution in [3.8, 4) is 46.0 Å². The molecule has 8 rings (SSSR count). The van der Waals surface area contributed by atoms with Crippen molar-refractivity contribution < 1.29 is 65.4 Å². The van der Waals surface area contributed by atoms with Gasteiger partial charge in [-0.25, -0.2) is 9.59 Å². The second-order valence-electron chi connectivity index (χ2n) is 17.0. The van der Waals surface area contributed by atoms with E-state index in [4.69, 9.17) is 36.0 Å². The molecule has 0 bridgehead atoms. The van der Waals surface area contributed by atoms with Crippen LogP contribution in [0.4, 0.5) is 11.4 Å². The maximum absolute atomic E-state index is 13.2. The van der Waals surface area contributed by atoms with Gasteiger partial charge in [0.05, 0.1) is 22.3 Å². The number of aromatic carboxylic acids is 2. The Balaban J connectivity index is 0.00000267. The van der Waals surface area contributed by atoms with Crippen LogP contribution in [-0.2, 0) is 21.3 Å². The molecule has 0 aliphatic rings. The number of rotatable bonds is 19. The summed E-state index contributed by atoms with van der Waals surface area (Å²) < 4.78 is 45.0. The fraction of sp³-hybridized carbons (Fsp3) is 0.0877. The third-order valence-electron chi connectivity index (χ3n) is 11.3. The monoisotopic (exact) mass is 1050 g/mol. The second kappa shape index (κ2) is 24.9. The van der Waals surface area contributed by atoms with Gasteiger partial charge >= 0.3 is 23.5 Å². The van der Waals surface area contributed by atoms with Gasteiger partial charge in [0.1, 0.15) is 40.2 Å². The summed E-state index contributed by atoms with van der Waals surface area (Å²) in [6.07, 6.45) is 0. The second-order valence-corrected chi connectivity index (χ2v) is 17.5. The maximum Gasteiger partial charge on any atom is 0.336 e. The molecule has 0 aliphatic heterocycles. The molecule has 8 aromatic carbocycles. The van der Waals surface area contributed by atoms with Crippen molar-refractivity contribution in [2.24, 2.45) is 0 Å². The Hall–Kier alpha value is -9.23. The standard InChI is InChI=1S/C57H46N2O12S.O2S/c1-35-5-17-41(18-6-35)68-47-29-31-49(51(33-47)55(62)63)53(60)58-39-13-25-44(26-14-39)66-42-21-9-37(10-22-42)57(3,4)38-11-23-43(24-12-38)67-45-27-15-40(16-28-45)59-54(61)50-32-30-48(34-52(50)56(64)65)70-72-71-69-46-19-7-36(2)8-20-46;1-3-2/h5-34H,1-4H3,(H,58,60)(H,59,61)(H,62,63)(H,64,65);. The quantitative estimate of drug-likeness (QED) is 0.0256. The molecule has 75 heavy (non-hydrogen) atoms. The summed E-state index contributed by atoms with van der Waals surface area (Å²) in [7, 11) is 0. The highest BCUT2D eigenvalue weighted by molar-refractivity contribution is 7.90. The van der Waals surface area contributed by atoms with Crippen molar-refractivity contribution in [1.82, 2.24) is 0 Å². The van der Waals surface area contributed by atoms with Crippen molar-refractivity contribution >= 4 is 59.0 Å². The molecule has 2 amide bonds. The van der Waals surface area contributed by atoms with E-state index < -0.39 is 35.3 Å². The molecule has 0 spiro atoms. The molecule has 0 radical (unpaired) electrons. The molecule has 0 heterocycles. The van der Waals surface area contributed by atoms with Crippen molar-refractivity contribution in [2.75, 3.05) is 10.6 Å².